The second kappa shape index (κ2) is 9.02. The monoisotopic (exact) mass is 266 g/mol. The van der Waals surface area contributed by atoms with E-state index >= 15 is 0 Å². The number of nitrogens with one attached hydrogen (secondary N) is 3. The number of unbranched alkanes of at least 4 members (excludes halogenated alkanes) is 1. The van der Waals surface area contributed by atoms with Crippen molar-refractivity contribution in [1.29, 1.82) is 0 Å². The molecular weight excluding hydrogens is 244 g/mol. The molecule has 0 bridgehead atoms. The Balaban J connectivity index is 2.17. The molecule has 0 aliphatic carbocycles. The highest BCUT2D eigenvalue weighted by atomic mass is 16.3. The van der Waals surface area contributed by atoms with Crippen LogP contribution in [0.1, 0.15) is 25.5 Å². The molecule has 19 heavy (non-hydrogen) atoms. The van der Waals surface area contributed by atoms with Crippen molar-refractivity contribution in [3.63, 3.8) is 0 Å². The molecule has 1 rings (SSSR count). The van der Waals surface area contributed by atoms with E-state index in [-0.39, 0.29) is 12.5 Å². The fraction of sp³-hybridized carbons (Fsp3) is 0.538. The summed E-state index contributed by atoms with van der Waals surface area (Å²) in [7, 11) is 1.68. The molecule has 0 atom stereocenters. The van der Waals surface area contributed by atoms with Crippen LogP contribution in [0.5, 0.6) is 0 Å². The lowest BCUT2D eigenvalue weighted by molar-refractivity contribution is -0.120. The van der Waals surface area contributed by atoms with Crippen LogP contribution in [0.3, 0.4) is 0 Å². The molecule has 0 aliphatic rings. The van der Waals surface area contributed by atoms with Gasteiger partial charge in [0, 0.05) is 13.6 Å². The SMILES string of the molecule is CCCCNC(=NC)NCC(=O)NCc1ccco1. The molecule has 6 heteroatoms. The van der Waals surface area contributed by atoms with Crippen LogP contribution >= 0.6 is 0 Å². The average molecular weight is 266 g/mol. The molecular formula is C13H22N4O2. The Labute approximate surface area is 113 Å². The standard InChI is InChI=1S/C13H22N4O2/c1-3-4-7-15-13(14-2)17-10-12(18)16-9-11-6-5-8-19-11/h5-6,8H,3-4,7,9-10H2,1-2H3,(H,16,18)(H2,14,15,17). The maximum absolute atomic E-state index is 11.6. The van der Waals surface area contributed by atoms with Crippen LogP contribution in [0.25, 0.3) is 0 Å². The maximum Gasteiger partial charge on any atom is 0.239 e. The molecule has 0 radical (unpaired) electrons. The van der Waals surface area contributed by atoms with Crippen LogP contribution in [0, 0.1) is 0 Å². The molecule has 106 valence electrons. The van der Waals surface area contributed by atoms with E-state index in [4.69, 9.17) is 4.42 Å². The van der Waals surface area contributed by atoms with Crippen LogP contribution in [0.2, 0.25) is 0 Å². The summed E-state index contributed by atoms with van der Waals surface area (Å²) >= 11 is 0. The first kappa shape index (κ1) is 15.1. The van der Waals surface area contributed by atoms with Crippen molar-refractivity contribution in [2.75, 3.05) is 20.1 Å². The molecule has 0 saturated heterocycles. The number of carbonyl (C=O) groups excluding carboxylic acids is 1. The summed E-state index contributed by atoms with van der Waals surface area (Å²) in [6, 6.07) is 3.61. The van der Waals surface area contributed by atoms with Gasteiger partial charge in [0.2, 0.25) is 5.91 Å². The smallest absolute Gasteiger partial charge is 0.239 e. The number of nitrogens with zero attached hydrogens (tertiary/aromatic N) is 1. The van der Waals surface area contributed by atoms with Gasteiger partial charge in [-0.2, -0.15) is 0 Å². The van der Waals surface area contributed by atoms with E-state index in [9.17, 15) is 4.79 Å². The lowest BCUT2D eigenvalue weighted by Gasteiger charge is -2.11. The first-order chi connectivity index (χ1) is 9.26. The summed E-state index contributed by atoms with van der Waals surface area (Å²) in [5, 5.41) is 8.84. The van der Waals surface area contributed by atoms with E-state index in [1.54, 1.807) is 19.4 Å². The van der Waals surface area contributed by atoms with Crippen molar-refractivity contribution in [1.82, 2.24) is 16.0 Å². The highest BCUT2D eigenvalue weighted by Crippen LogP contribution is 1.97. The molecule has 1 heterocycles. The van der Waals surface area contributed by atoms with Crippen LogP contribution < -0.4 is 16.0 Å². The lowest BCUT2D eigenvalue weighted by Crippen LogP contribution is -2.43. The molecule has 0 spiro atoms. The predicted octanol–water partition coefficient (Wildman–Crippen LogP) is 0.861. The topological polar surface area (TPSA) is 78.7 Å². The zero-order valence-corrected chi connectivity index (χ0v) is 11.5. The molecule has 0 aliphatic heterocycles. The van der Waals surface area contributed by atoms with Gasteiger partial charge in [-0.1, -0.05) is 13.3 Å². The number of carbonyl (C=O) groups is 1. The molecule has 0 saturated carbocycles. The van der Waals surface area contributed by atoms with Crippen LogP contribution in [0.15, 0.2) is 27.8 Å². The van der Waals surface area contributed by atoms with E-state index in [0.717, 1.165) is 25.1 Å². The van der Waals surface area contributed by atoms with E-state index in [1.165, 1.54) is 0 Å². The highest BCUT2D eigenvalue weighted by Gasteiger charge is 2.04. The Kier molecular flexibility index (Phi) is 7.16. The van der Waals surface area contributed by atoms with Crippen LogP contribution in [0.4, 0.5) is 0 Å². The zero-order valence-electron chi connectivity index (χ0n) is 11.5. The van der Waals surface area contributed by atoms with Gasteiger partial charge in [-0.3, -0.25) is 9.79 Å². The number of aliphatic imine (C=N–C) groups is 1. The summed E-state index contributed by atoms with van der Waals surface area (Å²) in [5.41, 5.74) is 0. The van der Waals surface area contributed by atoms with E-state index in [1.807, 2.05) is 6.07 Å². The number of rotatable bonds is 7. The number of guanidine groups is 1. The van der Waals surface area contributed by atoms with Crippen molar-refractivity contribution in [2.24, 2.45) is 4.99 Å². The Morgan fingerprint density at radius 3 is 2.84 bits per heavy atom. The van der Waals surface area contributed by atoms with Gasteiger partial charge in [0.25, 0.3) is 0 Å². The summed E-state index contributed by atoms with van der Waals surface area (Å²) in [4.78, 5) is 15.6. The second-order valence-electron chi connectivity index (χ2n) is 4.06. The quantitative estimate of drug-likeness (QED) is 0.388. The summed E-state index contributed by atoms with van der Waals surface area (Å²) in [6.45, 7) is 3.56. The zero-order chi connectivity index (χ0) is 13.9. The molecule has 0 fully saturated rings. The molecule has 3 N–H and O–H groups in total. The summed E-state index contributed by atoms with van der Waals surface area (Å²) < 4.78 is 5.12. The largest absolute Gasteiger partial charge is 0.467 e. The number of hydrogen-bond donors (Lipinski definition) is 3. The van der Waals surface area contributed by atoms with Crippen LogP contribution in [-0.4, -0.2) is 32.0 Å². The molecule has 6 nitrogen and oxygen atoms in total. The summed E-state index contributed by atoms with van der Waals surface area (Å²) in [6.07, 6.45) is 3.78. The highest BCUT2D eigenvalue weighted by molar-refractivity contribution is 5.86. The number of furan rings is 1. The summed E-state index contributed by atoms with van der Waals surface area (Å²) in [5.74, 6) is 1.27. The third kappa shape index (κ3) is 6.49. The van der Waals surface area contributed by atoms with E-state index < -0.39 is 0 Å². The first-order valence-electron chi connectivity index (χ1n) is 6.49. The Morgan fingerprint density at radius 2 is 2.21 bits per heavy atom. The molecule has 1 aromatic heterocycles. The minimum atomic E-state index is -0.102. The third-order valence-electron chi connectivity index (χ3n) is 2.50. The Bertz CT molecular complexity index is 387. The fourth-order valence-electron chi connectivity index (χ4n) is 1.43. The van der Waals surface area contributed by atoms with Gasteiger partial charge in [-0.25, -0.2) is 0 Å². The maximum atomic E-state index is 11.6. The van der Waals surface area contributed by atoms with Gasteiger partial charge in [0.1, 0.15) is 5.76 Å². The number of amides is 1. The Hall–Kier alpha value is -1.98. The number of hydrogen-bond acceptors (Lipinski definition) is 3. The van der Waals surface area contributed by atoms with Gasteiger partial charge < -0.3 is 20.4 Å². The normalized spacial score (nSPS) is 11.2. The van der Waals surface area contributed by atoms with Gasteiger partial charge in [-0.05, 0) is 18.6 Å². The van der Waals surface area contributed by atoms with Crippen molar-refractivity contribution in [2.45, 2.75) is 26.3 Å². The van der Waals surface area contributed by atoms with E-state index in [2.05, 4.69) is 27.9 Å². The second-order valence-corrected chi connectivity index (χ2v) is 4.06. The minimum absolute atomic E-state index is 0.102. The molecule has 0 unspecified atom stereocenters. The van der Waals surface area contributed by atoms with Gasteiger partial charge in [0.05, 0.1) is 19.4 Å². The lowest BCUT2D eigenvalue weighted by atomic mass is 10.3. The average Bonchev–Trinajstić information content (AvgIpc) is 2.93. The minimum Gasteiger partial charge on any atom is -0.467 e. The van der Waals surface area contributed by atoms with Crippen molar-refractivity contribution in [3.8, 4) is 0 Å². The Morgan fingerprint density at radius 1 is 1.37 bits per heavy atom. The van der Waals surface area contributed by atoms with Crippen LogP contribution in [-0.2, 0) is 11.3 Å². The molecule has 0 aromatic carbocycles. The van der Waals surface area contributed by atoms with Gasteiger partial charge in [0.15, 0.2) is 5.96 Å². The predicted molar refractivity (Wildman–Crippen MR) is 74.8 cm³/mol. The third-order valence-corrected chi connectivity index (χ3v) is 2.50. The van der Waals surface area contributed by atoms with Crippen molar-refractivity contribution < 1.29 is 9.21 Å². The molecule has 1 aromatic rings. The van der Waals surface area contributed by atoms with Crippen molar-refractivity contribution >= 4 is 11.9 Å². The molecule has 1 amide bonds. The van der Waals surface area contributed by atoms with Gasteiger partial charge in [-0.15, -0.1) is 0 Å². The van der Waals surface area contributed by atoms with Gasteiger partial charge >= 0.3 is 0 Å². The first-order valence-corrected chi connectivity index (χ1v) is 6.49. The van der Waals surface area contributed by atoms with Crippen molar-refractivity contribution in [3.05, 3.63) is 24.2 Å². The fourth-order valence-corrected chi connectivity index (χ4v) is 1.43. The van der Waals surface area contributed by atoms with E-state index in [0.29, 0.717) is 12.5 Å².